The molecule has 0 spiro atoms. The molecule has 0 bridgehead atoms. The zero-order chi connectivity index (χ0) is 16.7. The van der Waals surface area contributed by atoms with Crippen LogP contribution in [0.2, 0.25) is 0 Å². The van der Waals surface area contributed by atoms with Gasteiger partial charge in [-0.1, -0.05) is 0 Å². The fourth-order valence-corrected chi connectivity index (χ4v) is 2.24. The van der Waals surface area contributed by atoms with Crippen LogP contribution >= 0.6 is 12.2 Å². The van der Waals surface area contributed by atoms with Gasteiger partial charge in [-0.2, -0.15) is 5.10 Å². The van der Waals surface area contributed by atoms with Crippen molar-refractivity contribution in [1.82, 2.24) is 20.1 Å². The number of carbonyl (C=O) groups is 1. The first-order valence-corrected chi connectivity index (χ1v) is 7.70. The molecule has 1 heterocycles. The molecule has 0 saturated heterocycles. The number of aromatic nitrogens is 3. The van der Waals surface area contributed by atoms with E-state index >= 15 is 0 Å². The second-order valence-corrected chi connectivity index (χ2v) is 5.13. The maximum absolute atomic E-state index is 12.0. The van der Waals surface area contributed by atoms with Gasteiger partial charge < -0.3 is 14.8 Å². The van der Waals surface area contributed by atoms with Crippen molar-refractivity contribution in [2.75, 3.05) is 26.9 Å². The highest BCUT2D eigenvalue weighted by Crippen LogP contribution is 2.21. The third-order valence-electron chi connectivity index (χ3n) is 3.11. The second-order valence-electron chi connectivity index (χ2n) is 4.74. The van der Waals surface area contributed by atoms with Crippen LogP contribution in [0.25, 0.3) is 11.4 Å². The van der Waals surface area contributed by atoms with Crippen molar-refractivity contribution < 1.29 is 14.3 Å². The van der Waals surface area contributed by atoms with Gasteiger partial charge in [0.2, 0.25) is 5.91 Å². The van der Waals surface area contributed by atoms with Crippen molar-refractivity contribution in [3.8, 4) is 17.1 Å². The highest BCUT2D eigenvalue weighted by Gasteiger charge is 2.12. The Morgan fingerprint density at radius 1 is 1.39 bits per heavy atom. The first-order chi connectivity index (χ1) is 11.2. The van der Waals surface area contributed by atoms with Crippen molar-refractivity contribution in [3.63, 3.8) is 0 Å². The first kappa shape index (κ1) is 17.2. The van der Waals surface area contributed by atoms with E-state index < -0.39 is 0 Å². The summed E-state index contributed by atoms with van der Waals surface area (Å²) in [5.41, 5.74) is 0.852. The number of H-pyrrole nitrogens is 1. The minimum absolute atomic E-state index is 0.0988. The quantitative estimate of drug-likeness (QED) is 0.567. The minimum atomic E-state index is -0.147. The Morgan fingerprint density at radius 2 is 2.13 bits per heavy atom. The first-order valence-electron chi connectivity index (χ1n) is 7.29. The third kappa shape index (κ3) is 4.64. The van der Waals surface area contributed by atoms with Crippen molar-refractivity contribution >= 4 is 18.1 Å². The molecular formula is C15H20N4O3S. The molecule has 1 aromatic carbocycles. The molecule has 1 amide bonds. The van der Waals surface area contributed by atoms with Crippen LogP contribution in [0, 0.1) is 4.77 Å². The number of rotatable bonds is 8. The number of ether oxygens (including phenoxy) is 2. The molecule has 2 aromatic rings. The van der Waals surface area contributed by atoms with Gasteiger partial charge in [0.1, 0.15) is 12.3 Å². The summed E-state index contributed by atoms with van der Waals surface area (Å²) in [6.07, 6.45) is 0. The summed E-state index contributed by atoms with van der Waals surface area (Å²) >= 11 is 5.21. The summed E-state index contributed by atoms with van der Waals surface area (Å²) in [5.74, 6) is 1.25. The average molecular weight is 336 g/mol. The van der Waals surface area contributed by atoms with E-state index in [0.717, 1.165) is 11.3 Å². The van der Waals surface area contributed by atoms with Gasteiger partial charge in [0.05, 0.1) is 13.2 Å². The molecule has 124 valence electrons. The van der Waals surface area contributed by atoms with Crippen molar-refractivity contribution in [2.24, 2.45) is 0 Å². The molecule has 2 N–H and O–H groups in total. The van der Waals surface area contributed by atoms with Crippen LogP contribution in [0.5, 0.6) is 5.75 Å². The van der Waals surface area contributed by atoms with E-state index in [1.54, 1.807) is 11.7 Å². The van der Waals surface area contributed by atoms with E-state index in [1.165, 1.54) is 0 Å². The Bertz CT molecular complexity index is 693. The summed E-state index contributed by atoms with van der Waals surface area (Å²) in [5, 5.41) is 9.70. The van der Waals surface area contributed by atoms with Crippen LogP contribution in [0.15, 0.2) is 24.3 Å². The van der Waals surface area contributed by atoms with E-state index in [2.05, 4.69) is 15.5 Å². The van der Waals surface area contributed by atoms with Gasteiger partial charge in [0.25, 0.3) is 0 Å². The van der Waals surface area contributed by atoms with Crippen LogP contribution in [0.1, 0.15) is 6.92 Å². The molecule has 0 aliphatic heterocycles. The molecule has 0 unspecified atom stereocenters. The Hall–Kier alpha value is -2.19. The van der Waals surface area contributed by atoms with Gasteiger partial charge in [-0.25, -0.2) is 0 Å². The molecule has 7 nitrogen and oxygen atoms in total. The Labute approximate surface area is 139 Å². The Kier molecular flexibility index (Phi) is 6.30. The maximum atomic E-state index is 12.0. The highest BCUT2D eigenvalue weighted by atomic mass is 32.1. The summed E-state index contributed by atoms with van der Waals surface area (Å²) in [7, 11) is 1.59. The molecular weight excluding hydrogens is 316 g/mol. The monoisotopic (exact) mass is 336 g/mol. The van der Waals surface area contributed by atoms with Crippen molar-refractivity contribution in [1.29, 1.82) is 0 Å². The summed E-state index contributed by atoms with van der Waals surface area (Å²) in [6, 6.07) is 7.49. The summed E-state index contributed by atoms with van der Waals surface area (Å²) in [6.45, 7) is 3.57. The number of hydrogen-bond acceptors (Lipinski definition) is 5. The van der Waals surface area contributed by atoms with Gasteiger partial charge in [0, 0.05) is 19.2 Å². The molecule has 0 aliphatic rings. The number of amides is 1. The standard InChI is InChI=1S/C15H20N4O3S/c1-3-22-12-6-4-11(5-7-12)14-17-18-15(23)19(14)10-13(20)16-8-9-21-2/h4-7H,3,8-10H2,1-2H3,(H,16,20)(H,18,23). The number of nitrogens with one attached hydrogen (secondary N) is 2. The van der Waals surface area contributed by atoms with E-state index in [0.29, 0.717) is 30.4 Å². The SMILES string of the molecule is CCOc1ccc(-c2n[nH]c(=S)n2CC(=O)NCCOC)cc1. The number of hydrogen-bond donors (Lipinski definition) is 2. The lowest BCUT2D eigenvalue weighted by atomic mass is 10.2. The van der Waals surface area contributed by atoms with Gasteiger partial charge >= 0.3 is 0 Å². The molecule has 8 heteroatoms. The van der Waals surface area contributed by atoms with Crippen LogP contribution in [-0.4, -0.2) is 47.5 Å². The second kappa shape index (κ2) is 8.44. The molecule has 0 saturated carbocycles. The van der Waals surface area contributed by atoms with Gasteiger partial charge in [0.15, 0.2) is 10.6 Å². The lowest BCUT2D eigenvalue weighted by molar-refractivity contribution is -0.121. The number of methoxy groups -OCH3 is 1. The third-order valence-corrected chi connectivity index (χ3v) is 3.42. The predicted octanol–water partition coefficient (Wildman–Crippen LogP) is 1.77. The fourth-order valence-electron chi connectivity index (χ4n) is 2.04. The van der Waals surface area contributed by atoms with E-state index in [9.17, 15) is 4.79 Å². The molecule has 0 aliphatic carbocycles. The maximum Gasteiger partial charge on any atom is 0.240 e. The van der Waals surface area contributed by atoms with Crippen LogP contribution in [0.4, 0.5) is 0 Å². The zero-order valence-electron chi connectivity index (χ0n) is 13.2. The number of nitrogens with zero attached hydrogens (tertiary/aromatic N) is 2. The number of carbonyl (C=O) groups excluding carboxylic acids is 1. The van der Waals surface area contributed by atoms with Gasteiger partial charge in [-0.3, -0.25) is 14.5 Å². The van der Waals surface area contributed by atoms with E-state index in [1.807, 2.05) is 31.2 Å². The molecule has 0 radical (unpaired) electrons. The van der Waals surface area contributed by atoms with Crippen LogP contribution < -0.4 is 10.1 Å². The fraction of sp³-hybridized carbons (Fsp3) is 0.400. The smallest absolute Gasteiger partial charge is 0.240 e. The normalized spacial score (nSPS) is 10.5. The molecule has 2 rings (SSSR count). The predicted molar refractivity (Wildman–Crippen MR) is 88.9 cm³/mol. The summed E-state index contributed by atoms with van der Waals surface area (Å²) < 4.78 is 12.4. The van der Waals surface area contributed by atoms with Crippen molar-refractivity contribution in [3.05, 3.63) is 29.0 Å². The zero-order valence-corrected chi connectivity index (χ0v) is 14.0. The molecule has 1 aromatic heterocycles. The van der Waals surface area contributed by atoms with E-state index in [-0.39, 0.29) is 12.5 Å². The minimum Gasteiger partial charge on any atom is -0.494 e. The van der Waals surface area contributed by atoms with Gasteiger partial charge in [-0.05, 0) is 43.4 Å². The number of benzene rings is 1. The lowest BCUT2D eigenvalue weighted by Gasteiger charge is -2.08. The van der Waals surface area contributed by atoms with E-state index in [4.69, 9.17) is 21.7 Å². The van der Waals surface area contributed by atoms with Crippen molar-refractivity contribution in [2.45, 2.75) is 13.5 Å². The topological polar surface area (TPSA) is 81.2 Å². The molecule has 23 heavy (non-hydrogen) atoms. The van der Waals surface area contributed by atoms with Crippen LogP contribution in [0.3, 0.4) is 0 Å². The van der Waals surface area contributed by atoms with Gasteiger partial charge in [-0.15, -0.1) is 0 Å². The lowest BCUT2D eigenvalue weighted by Crippen LogP contribution is -2.30. The Morgan fingerprint density at radius 3 is 2.78 bits per heavy atom. The number of aromatic amines is 1. The summed E-state index contributed by atoms with van der Waals surface area (Å²) in [4.78, 5) is 12.0. The Balaban J connectivity index is 2.14. The average Bonchev–Trinajstić information content (AvgIpc) is 2.90. The molecule has 0 atom stereocenters. The molecule has 0 fully saturated rings. The largest absolute Gasteiger partial charge is 0.494 e. The van der Waals surface area contributed by atoms with Crippen LogP contribution in [-0.2, 0) is 16.1 Å². The highest BCUT2D eigenvalue weighted by molar-refractivity contribution is 7.71.